The Labute approximate surface area is 132 Å². The molecule has 0 amide bonds. The highest BCUT2D eigenvalue weighted by Gasteiger charge is 2.14. The van der Waals surface area contributed by atoms with Crippen LogP contribution in [0.3, 0.4) is 0 Å². The van der Waals surface area contributed by atoms with Crippen molar-refractivity contribution in [3.63, 3.8) is 0 Å². The van der Waals surface area contributed by atoms with Crippen LogP contribution in [0.25, 0.3) is 6.08 Å². The van der Waals surface area contributed by atoms with Gasteiger partial charge in [-0.3, -0.25) is 4.18 Å². The average Bonchev–Trinajstić information content (AvgIpc) is 2.52. The Hall–Kier alpha value is -1.91. The molecule has 0 fully saturated rings. The van der Waals surface area contributed by atoms with E-state index in [-0.39, 0.29) is 11.5 Å². The van der Waals surface area contributed by atoms with Gasteiger partial charge in [-0.25, -0.2) is 0 Å². The summed E-state index contributed by atoms with van der Waals surface area (Å²) in [5.74, 6) is 0. The van der Waals surface area contributed by atoms with Crippen molar-refractivity contribution >= 4 is 16.2 Å². The van der Waals surface area contributed by atoms with Crippen LogP contribution >= 0.6 is 0 Å². The van der Waals surface area contributed by atoms with Crippen molar-refractivity contribution in [1.29, 1.82) is 0 Å². The van der Waals surface area contributed by atoms with E-state index in [2.05, 4.69) is 6.58 Å². The van der Waals surface area contributed by atoms with Crippen LogP contribution < -0.4 is 0 Å². The second-order valence-electron chi connectivity index (χ2n) is 5.10. The molecule has 0 unspecified atom stereocenters. The van der Waals surface area contributed by atoms with Crippen molar-refractivity contribution in [2.75, 3.05) is 6.61 Å². The fraction of sp³-hybridized carbons (Fsp3) is 0.222. The van der Waals surface area contributed by atoms with Crippen molar-refractivity contribution in [2.45, 2.75) is 24.7 Å². The van der Waals surface area contributed by atoms with Gasteiger partial charge in [0.15, 0.2) is 0 Å². The summed E-state index contributed by atoms with van der Waals surface area (Å²) < 4.78 is 29.2. The van der Waals surface area contributed by atoms with Crippen LogP contribution in [-0.2, 0) is 20.7 Å². The molecule has 2 aromatic rings. The lowest BCUT2D eigenvalue weighted by atomic mass is 10.0. The van der Waals surface area contributed by atoms with Gasteiger partial charge in [-0.05, 0) is 43.0 Å². The second-order valence-corrected chi connectivity index (χ2v) is 6.71. The Morgan fingerprint density at radius 3 is 2.45 bits per heavy atom. The predicted molar refractivity (Wildman–Crippen MR) is 89.2 cm³/mol. The van der Waals surface area contributed by atoms with Gasteiger partial charge in [0.05, 0.1) is 11.5 Å². The summed E-state index contributed by atoms with van der Waals surface area (Å²) in [6, 6.07) is 14.6. The molecule has 0 aliphatic rings. The third kappa shape index (κ3) is 4.29. The molecule has 2 rings (SSSR count). The third-order valence-corrected chi connectivity index (χ3v) is 4.74. The van der Waals surface area contributed by atoms with E-state index in [0.717, 1.165) is 23.1 Å². The van der Waals surface area contributed by atoms with Gasteiger partial charge < -0.3 is 0 Å². The quantitative estimate of drug-likeness (QED) is 0.573. The summed E-state index contributed by atoms with van der Waals surface area (Å²) in [6.45, 7) is 5.86. The highest BCUT2D eigenvalue weighted by molar-refractivity contribution is 7.86. The van der Waals surface area contributed by atoms with Gasteiger partial charge in [0.2, 0.25) is 0 Å². The molecule has 0 aliphatic heterocycles. The normalized spacial score (nSPS) is 11.3. The SMILES string of the molecule is C=Cc1ccccc1CCCOS(=O)(=O)c1ccc(C)cc1. The summed E-state index contributed by atoms with van der Waals surface area (Å²) in [6.07, 6.45) is 3.20. The van der Waals surface area contributed by atoms with E-state index >= 15 is 0 Å². The van der Waals surface area contributed by atoms with Crippen LogP contribution in [-0.4, -0.2) is 15.0 Å². The predicted octanol–water partition coefficient (Wildman–Crippen LogP) is 3.98. The average molecular weight is 316 g/mol. The molecule has 116 valence electrons. The van der Waals surface area contributed by atoms with Crippen molar-refractivity contribution < 1.29 is 12.6 Å². The Kier molecular flexibility index (Phi) is 5.52. The largest absolute Gasteiger partial charge is 0.296 e. The summed E-state index contributed by atoms with van der Waals surface area (Å²) in [7, 11) is -3.67. The number of aryl methyl sites for hydroxylation is 2. The van der Waals surface area contributed by atoms with Gasteiger partial charge in [0, 0.05) is 0 Å². The maximum absolute atomic E-state index is 12.0. The third-order valence-electron chi connectivity index (χ3n) is 3.41. The number of hydrogen-bond acceptors (Lipinski definition) is 3. The fourth-order valence-electron chi connectivity index (χ4n) is 2.17. The lowest BCUT2D eigenvalue weighted by Gasteiger charge is -2.07. The van der Waals surface area contributed by atoms with Gasteiger partial charge >= 0.3 is 0 Å². The summed E-state index contributed by atoms with van der Waals surface area (Å²) in [4.78, 5) is 0.199. The number of hydrogen-bond donors (Lipinski definition) is 0. The zero-order chi connectivity index (χ0) is 16.0. The zero-order valence-electron chi connectivity index (χ0n) is 12.7. The second kappa shape index (κ2) is 7.38. The molecule has 3 nitrogen and oxygen atoms in total. The minimum atomic E-state index is -3.67. The maximum Gasteiger partial charge on any atom is 0.296 e. The molecule has 0 bridgehead atoms. The van der Waals surface area contributed by atoms with Gasteiger partial charge in [-0.2, -0.15) is 8.42 Å². The summed E-state index contributed by atoms with van der Waals surface area (Å²) in [5.41, 5.74) is 3.23. The van der Waals surface area contributed by atoms with Gasteiger partial charge in [-0.15, -0.1) is 0 Å². The Balaban J connectivity index is 1.90. The minimum absolute atomic E-state index is 0.168. The van der Waals surface area contributed by atoms with Crippen molar-refractivity contribution in [3.8, 4) is 0 Å². The molecule has 0 aliphatic carbocycles. The van der Waals surface area contributed by atoms with E-state index in [1.165, 1.54) is 0 Å². The lowest BCUT2D eigenvalue weighted by Crippen LogP contribution is -2.08. The molecule has 0 radical (unpaired) electrons. The topological polar surface area (TPSA) is 43.4 Å². The maximum atomic E-state index is 12.0. The van der Waals surface area contributed by atoms with Crippen LogP contribution in [0.15, 0.2) is 60.0 Å². The molecular weight excluding hydrogens is 296 g/mol. The lowest BCUT2D eigenvalue weighted by molar-refractivity contribution is 0.312. The van der Waals surface area contributed by atoms with Crippen LogP contribution in [0, 0.1) is 6.92 Å². The minimum Gasteiger partial charge on any atom is -0.266 e. The molecule has 0 atom stereocenters. The molecule has 0 N–H and O–H groups in total. The summed E-state index contributed by atoms with van der Waals surface area (Å²) in [5, 5.41) is 0. The molecule has 0 spiro atoms. The Bertz CT molecular complexity index is 731. The fourth-order valence-corrected chi connectivity index (χ4v) is 3.11. The van der Waals surface area contributed by atoms with Gasteiger partial charge in [0.25, 0.3) is 10.1 Å². The van der Waals surface area contributed by atoms with E-state index < -0.39 is 10.1 Å². The molecule has 2 aromatic carbocycles. The highest BCUT2D eigenvalue weighted by atomic mass is 32.2. The van der Waals surface area contributed by atoms with Gasteiger partial charge in [-0.1, -0.05) is 54.6 Å². The van der Waals surface area contributed by atoms with E-state index in [0.29, 0.717) is 6.42 Å². The van der Waals surface area contributed by atoms with Crippen molar-refractivity contribution in [3.05, 3.63) is 71.8 Å². The van der Waals surface area contributed by atoms with E-state index in [1.807, 2.05) is 31.2 Å². The van der Waals surface area contributed by atoms with E-state index in [4.69, 9.17) is 4.18 Å². The standard InChI is InChI=1S/C18H20O3S/c1-3-16-7-4-5-8-17(16)9-6-14-21-22(19,20)18-12-10-15(2)11-13-18/h3-5,7-8,10-13H,1,6,9,14H2,2H3. The van der Waals surface area contributed by atoms with Crippen molar-refractivity contribution in [1.82, 2.24) is 0 Å². The molecule has 0 saturated heterocycles. The van der Waals surface area contributed by atoms with Crippen LogP contribution in [0.5, 0.6) is 0 Å². The molecule has 22 heavy (non-hydrogen) atoms. The molecule has 4 heteroatoms. The monoisotopic (exact) mass is 316 g/mol. The molecule has 0 saturated carbocycles. The van der Waals surface area contributed by atoms with Crippen LogP contribution in [0.4, 0.5) is 0 Å². The highest BCUT2D eigenvalue weighted by Crippen LogP contribution is 2.15. The first kappa shape index (κ1) is 16.5. The van der Waals surface area contributed by atoms with Gasteiger partial charge in [0.1, 0.15) is 0 Å². The Morgan fingerprint density at radius 2 is 1.77 bits per heavy atom. The van der Waals surface area contributed by atoms with Crippen LogP contribution in [0.1, 0.15) is 23.1 Å². The van der Waals surface area contributed by atoms with E-state index in [9.17, 15) is 8.42 Å². The summed E-state index contributed by atoms with van der Waals surface area (Å²) >= 11 is 0. The number of benzene rings is 2. The first-order chi connectivity index (χ1) is 10.5. The number of rotatable bonds is 7. The van der Waals surface area contributed by atoms with Crippen LogP contribution in [0.2, 0.25) is 0 Å². The zero-order valence-corrected chi connectivity index (χ0v) is 13.5. The van der Waals surface area contributed by atoms with Crippen molar-refractivity contribution in [2.24, 2.45) is 0 Å². The molecular formula is C18H20O3S. The molecule has 0 aromatic heterocycles. The smallest absolute Gasteiger partial charge is 0.266 e. The first-order valence-electron chi connectivity index (χ1n) is 7.19. The first-order valence-corrected chi connectivity index (χ1v) is 8.60. The van der Waals surface area contributed by atoms with E-state index in [1.54, 1.807) is 30.3 Å². The molecule has 0 heterocycles. The Morgan fingerprint density at radius 1 is 1.09 bits per heavy atom.